The lowest BCUT2D eigenvalue weighted by Crippen LogP contribution is -2.26. The van der Waals surface area contributed by atoms with Gasteiger partial charge in [0.1, 0.15) is 10.1 Å². The van der Waals surface area contributed by atoms with Gasteiger partial charge >= 0.3 is 0 Å². The summed E-state index contributed by atoms with van der Waals surface area (Å²) in [6, 6.07) is 1.88. The number of aromatic carboxylic acids is 2. The fraction of sp³-hybridized carbons (Fsp3) is 0.857. The van der Waals surface area contributed by atoms with Gasteiger partial charge in [0.05, 0.1) is 90.8 Å². The van der Waals surface area contributed by atoms with Gasteiger partial charge in [-0.05, 0) is 88.7 Å². The maximum Gasteiger partial charge on any atom is 0.125 e. The molecule has 0 aliphatic rings. The van der Waals surface area contributed by atoms with Crippen LogP contribution in [0.25, 0.3) is 0 Å². The predicted octanol–water partition coefficient (Wildman–Crippen LogP) is 15.9. The molecule has 0 spiro atoms. The topological polar surface area (TPSA) is 137 Å². The molecular weight excluding hydrogens is 910 g/mol. The molecule has 398 valence electrons. The Hall–Kier alpha value is -0.640. The second-order valence-electron chi connectivity index (χ2n) is 19.7. The Morgan fingerprint density at radius 2 is 0.567 bits per heavy atom. The average molecular weight is 1020 g/mol. The van der Waals surface area contributed by atoms with E-state index in [1.807, 2.05) is 0 Å². The molecule has 1 aromatic carbocycles. The summed E-state index contributed by atoms with van der Waals surface area (Å²) >= 11 is 0. The molecule has 1 rings (SSSR count). The summed E-state index contributed by atoms with van der Waals surface area (Å²) in [7, 11) is -6.78. The van der Waals surface area contributed by atoms with Crippen molar-refractivity contribution < 1.29 is 32.8 Å². The molecule has 0 heterocycles. The van der Waals surface area contributed by atoms with Crippen molar-refractivity contribution >= 4 is 43.8 Å². The molecule has 0 aliphatic carbocycles. The number of benzene rings is 1. The summed E-state index contributed by atoms with van der Waals surface area (Å²) < 4.78 is 32.0. The molecule has 0 atom stereocenters. The van der Waals surface area contributed by atoms with Crippen molar-refractivity contribution in [2.24, 2.45) is 0 Å². The van der Waals surface area contributed by atoms with E-state index in [9.17, 15) is 32.8 Å². The number of carboxylic acid groups (broad SMARTS) is 2. The first kappa shape index (κ1) is 70.6. The first-order valence-electron chi connectivity index (χ1n) is 28.0. The second kappa shape index (κ2) is 45.2. The quantitative estimate of drug-likeness (QED) is 0.0473. The lowest BCUT2D eigenvalue weighted by atomic mass is 10.1. The zero-order valence-electron chi connectivity index (χ0n) is 46.3. The Bertz CT molecular complexity index is 1220. The van der Waals surface area contributed by atoms with Crippen molar-refractivity contribution in [2.75, 3.05) is 73.9 Å². The van der Waals surface area contributed by atoms with E-state index >= 15 is 0 Å². The normalized spacial score (nSPS) is 11.8. The molecule has 0 saturated heterocycles. The largest absolute Gasteiger partial charge is 0.744 e. The standard InChI is InChI=1S/3C16H36P.C8H6O7S/c3*1-5-9-13-17(14-10-6-2,15-11-7-3)16-12-8-4;9-7(10)4-1-2-5(8(11)12)6(3-4)16(13,14)15/h3*5-16H2,1-4H3;1-3H,(H,9,10)(H,11,12)(H,13,14,15)/q3*+1;/p-3. The highest BCUT2D eigenvalue weighted by molar-refractivity contribution is 7.85. The van der Waals surface area contributed by atoms with E-state index in [2.05, 4.69) is 83.1 Å². The van der Waals surface area contributed by atoms with Gasteiger partial charge in [0.2, 0.25) is 0 Å². The Balaban J connectivity index is -0.000000815. The highest BCUT2D eigenvalue weighted by Crippen LogP contribution is 2.63. The van der Waals surface area contributed by atoms with Gasteiger partial charge in [0, 0.05) is 27.4 Å². The van der Waals surface area contributed by atoms with E-state index in [1.165, 1.54) is 154 Å². The Kier molecular flexibility index (Phi) is 47.7. The lowest BCUT2D eigenvalue weighted by Gasteiger charge is -2.28. The molecule has 7 nitrogen and oxygen atoms in total. The third-order valence-corrected chi connectivity index (χ3v) is 29.6. The third-order valence-electron chi connectivity index (χ3n) is 13.5. The van der Waals surface area contributed by atoms with Crippen molar-refractivity contribution in [3.63, 3.8) is 0 Å². The van der Waals surface area contributed by atoms with Crippen LogP contribution in [0.15, 0.2) is 23.1 Å². The van der Waals surface area contributed by atoms with E-state index in [0.717, 1.165) is 6.07 Å². The summed E-state index contributed by atoms with van der Waals surface area (Å²) in [6.45, 7) is 28.3. The molecular formula is C56H111O7P3S. The summed E-state index contributed by atoms with van der Waals surface area (Å²) in [5.41, 5.74) is -1.50. The molecule has 0 aromatic heterocycles. The van der Waals surface area contributed by atoms with Crippen LogP contribution >= 0.6 is 21.8 Å². The Labute approximate surface area is 419 Å². The van der Waals surface area contributed by atoms with Crippen LogP contribution in [0.3, 0.4) is 0 Å². The number of unbranched alkanes of at least 4 members (excludes halogenated alkanes) is 12. The average Bonchev–Trinajstić information content (AvgIpc) is 3.32. The molecule has 0 N–H and O–H groups in total. The number of carbonyl (C=O) groups is 2. The van der Waals surface area contributed by atoms with E-state index in [0.29, 0.717) is 12.1 Å². The number of rotatable bonds is 39. The van der Waals surface area contributed by atoms with Gasteiger partial charge in [-0.2, -0.15) is 0 Å². The first-order valence-corrected chi connectivity index (χ1v) is 37.0. The van der Waals surface area contributed by atoms with E-state index in [-0.39, 0.29) is 0 Å². The van der Waals surface area contributed by atoms with Crippen LogP contribution in [-0.4, -0.2) is 98.9 Å². The smallest absolute Gasteiger partial charge is 0.125 e. The van der Waals surface area contributed by atoms with Gasteiger partial charge in [-0.3, -0.25) is 0 Å². The zero-order chi connectivity index (χ0) is 51.5. The molecule has 11 heteroatoms. The van der Waals surface area contributed by atoms with Crippen molar-refractivity contribution in [1.29, 1.82) is 0 Å². The second-order valence-corrected chi connectivity index (χ2v) is 34.5. The van der Waals surface area contributed by atoms with Crippen LogP contribution in [0, 0.1) is 0 Å². The monoisotopic (exact) mass is 1020 g/mol. The fourth-order valence-electron chi connectivity index (χ4n) is 8.96. The molecule has 67 heavy (non-hydrogen) atoms. The Morgan fingerprint density at radius 3 is 0.701 bits per heavy atom. The van der Waals surface area contributed by atoms with Crippen molar-refractivity contribution in [1.82, 2.24) is 0 Å². The summed E-state index contributed by atoms with van der Waals surface area (Å²) in [4.78, 5) is 19.7. The molecule has 0 unspecified atom stereocenters. The lowest BCUT2D eigenvalue weighted by molar-refractivity contribution is -0.256. The minimum atomic E-state index is -5.10. The minimum absolute atomic E-state index is 0.419. The van der Waals surface area contributed by atoms with Gasteiger partial charge < -0.3 is 24.4 Å². The van der Waals surface area contributed by atoms with Crippen molar-refractivity contribution in [3.05, 3.63) is 29.3 Å². The fourth-order valence-corrected chi connectivity index (χ4v) is 25.5. The number of carboxylic acids is 2. The SMILES string of the molecule is CCCC[P+](CCCC)(CCCC)CCCC.CCCC[P+](CCCC)(CCCC)CCCC.CCCC[P+](CCCC)(CCCC)CCCC.O=C([O-])c1ccc(C(=O)[O-])c(S(=O)(=O)[O-])c1. The van der Waals surface area contributed by atoms with Gasteiger partial charge in [-0.25, -0.2) is 8.42 Å². The molecule has 0 amide bonds. The van der Waals surface area contributed by atoms with Crippen LogP contribution < -0.4 is 10.2 Å². The Morgan fingerprint density at radius 1 is 0.373 bits per heavy atom. The summed E-state index contributed by atoms with van der Waals surface area (Å²) in [6.07, 6.45) is 53.8. The predicted molar refractivity (Wildman–Crippen MR) is 301 cm³/mol. The van der Waals surface area contributed by atoms with Crippen molar-refractivity contribution in [3.8, 4) is 0 Å². The highest BCUT2D eigenvalue weighted by atomic mass is 32.2. The third kappa shape index (κ3) is 35.2. The van der Waals surface area contributed by atoms with E-state index < -0.39 is 59.9 Å². The van der Waals surface area contributed by atoms with Gasteiger partial charge in [-0.15, -0.1) is 0 Å². The zero-order valence-corrected chi connectivity index (χ0v) is 49.8. The number of hydrogen-bond acceptors (Lipinski definition) is 7. The van der Waals surface area contributed by atoms with E-state index in [1.54, 1.807) is 73.9 Å². The van der Waals surface area contributed by atoms with Gasteiger partial charge in [-0.1, -0.05) is 172 Å². The van der Waals surface area contributed by atoms with Crippen LogP contribution in [0.5, 0.6) is 0 Å². The van der Waals surface area contributed by atoms with Crippen LogP contribution in [0.2, 0.25) is 0 Å². The molecule has 1 aromatic rings. The van der Waals surface area contributed by atoms with Crippen LogP contribution in [-0.2, 0) is 10.1 Å². The molecule has 0 aliphatic heterocycles. The maximum absolute atomic E-state index is 10.7. The van der Waals surface area contributed by atoms with Crippen LogP contribution in [0.1, 0.15) is 258 Å². The highest BCUT2D eigenvalue weighted by Gasteiger charge is 2.36. The molecule has 0 bridgehead atoms. The van der Waals surface area contributed by atoms with Crippen LogP contribution in [0.4, 0.5) is 0 Å². The summed E-state index contributed by atoms with van der Waals surface area (Å²) in [5.74, 6) is -3.62. The van der Waals surface area contributed by atoms with Gasteiger partial charge in [0.15, 0.2) is 0 Å². The molecule has 0 fully saturated rings. The summed E-state index contributed by atoms with van der Waals surface area (Å²) in [5, 5.41) is 20.9. The van der Waals surface area contributed by atoms with E-state index in [4.69, 9.17) is 0 Å². The van der Waals surface area contributed by atoms with Gasteiger partial charge in [0.25, 0.3) is 0 Å². The number of hydrogen-bond donors (Lipinski definition) is 0. The maximum atomic E-state index is 10.7. The van der Waals surface area contributed by atoms with Crippen molar-refractivity contribution in [2.45, 2.75) is 242 Å². The molecule has 0 saturated carbocycles. The minimum Gasteiger partial charge on any atom is -0.744 e. The first-order chi connectivity index (χ1) is 32.0. The number of carbonyl (C=O) groups excluding carboxylic acids is 2. The molecule has 0 radical (unpaired) electrons.